The highest BCUT2D eigenvalue weighted by atomic mass is 35.5. The molecule has 9 nitrogen and oxygen atoms in total. The Labute approximate surface area is 203 Å². The van der Waals surface area contributed by atoms with Crippen molar-refractivity contribution < 1.29 is 9.53 Å². The lowest BCUT2D eigenvalue weighted by molar-refractivity contribution is -0.113. The second-order valence-electron chi connectivity index (χ2n) is 7.12. The van der Waals surface area contributed by atoms with Crippen molar-refractivity contribution in [3.63, 3.8) is 0 Å². The minimum Gasteiger partial charge on any atom is -0.495 e. The van der Waals surface area contributed by atoms with Crippen LogP contribution in [0.4, 0.5) is 5.69 Å². The van der Waals surface area contributed by atoms with Crippen LogP contribution in [0.2, 0.25) is 5.02 Å². The molecule has 5 aromatic rings. The Kier molecular flexibility index (Phi) is 6.15. The van der Waals surface area contributed by atoms with E-state index < -0.39 is 0 Å². The van der Waals surface area contributed by atoms with Crippen molar-refractivity contribution in [2.75, 3.05) is 18.2 Å². The van der Waals surface area contributed by atoms with Gasteiger partial charge in [0, 0.05) is 5.02 Å². The van der Waals surface area contributed by atoms with Gasteiger partial charge in [0.2, 0.25) is 5.91 Å². The van der Waals surface area contributed by atoms with Gasteiger partial charge in [0.05, 0.1) is 29.8 Å². The van der Waals surface area contributed by atoms with Crippen LogP contribution in [0.1, 0.15) is 0 Å². The maximum Gasteiger partial charge on any atom is 0.259 e. The van der Waals surface area contributed by atoms with Gasteiger partial charge in [-0.3, -0.25) is 9.36 Å². The molecule has 0 saturated carbocycles. The highest BCUT2D eigenvalue weighted by Gasteiger charge is 2.20. The van der Waals surface area contributed by atoms with Gasteiger partial charge in [0.1, 0.15) is 11.3 Å². The van der Waals surface area contributed by atoms with Crippen molar-refractivity contribution in [1.82, 2.24) is 29.8 Å². The molecule has 0 unspecified atom stereocenters. The van der Waals surface area contributed by atoms with Crippen LogP contribution >= 0.6 is 23.4 Å². The van der Waals surface area contributed by atoms with Crippen LogP contribution < -0.4 is 10.1 Å². The monoisotopic (exact) mass is 491 g/mol. The molecule has 2 heterocycles. The predicted octanol–water partition coefficient (Wildman–Crippen LogP) is 4.39. The smallest absolute Gasteiger partial charge is 0.259 e. The van der Waals surface area contributed by atoms with E-state index in [-0.39, 0.29) is 11.7 Å². The number of nitrogens with one attached hydrogen (secondary N) is 1. The molecule has 0 bridgehead atoms. The number of para-hydroxylation sites is 2. The molecule has 0 radical (unpaired) electrons. The number of rotatable bonds is 7. The molecular formula is C23H18ClN7O2S. The van der Waals surface area contributed by atoms with Gasteiger partial charge in [0.25, 0.3) is 5.95 Å². The third-order valence-corrected chi connectivity index (χ3v) is 6.10. The van der Waals surface area contributed by atoms with E-state index in [1.54, 1.807) is 22.9 Å². The summed E-state index contributed by atoms with van der Waals surface area (Å²) in [4.78, 5) is 12.7. The lowest BCUT2D eigenvalue weighted by atomic mass is 10.3. The fourth-order valence-electron chi connectivity index (χ4n) is 3.41. The molecule has 11 heteroatoms. The fourth-order valence-corrected chi connectivity index (χ4v) is 4.33. The number of halogens is 1. The van der Waals surface area contributed by atoms with E-state index in [4.69, 9.17) is 16.3 Å². The van der Waals surface area contributed by atoms with E-state index in [1.165, 1.54) is 18.9 Å². The van der Waals surface area contributed by atoms with Gasteiger partial charge < -0.3 is 10.1 Å². The number of methoxy groups -OCH3 is 1. The predicted molar refractivity (Wildman–Crippen MR) is 131 cm³/mol. The number of carbonyl (C=O) groups excluding carboxylic acids is 1. The van der Waals surface area contributed by atoms with Crippen LogP contribution in [-0.2, 0) is 4.79 Å². The molecular weight excluding hydrogens is 474 g/mol. The van der Waals surface area contributed by atoms with Crippen molar-refractivity contribution in [3.05, 3.63) is 77.8 Å². The molecule has 0 spiro atoms. The Balaban J connectivity index is 1.45. The summed E-state index contributed by atoms with van der Waals surface area (Å²) in [6.07, 6.45) is 0. The van der Waals surface area contributed by atoms with Gasteiger partial charge >= 0.3 is 0 Å². The van der Waals surface area contributed by atoms with Crippen LogP contribution in [-0.4, -0.2) is 48.5 Å². The summed E-state index contributed by atoms with van der Waals surface area (Å²) in [5.41, 5.74) is 2.88. The quantitative estimate of drug-likeness (QED) is 0.337. The third-order valence-electron chi connectivity index (χ3n) is 4.94. The highest BCUT2D eigenvalue weighted by Crippen LogP contribution is 2.29. The number of fused-ring (bicyclic) bond motifs is 1. The lowest BCUT2D eigenvalue weighted by Crippen LogP contribution is -2.15. The van der Waals surface area contributed by atoms with E-state index in [0.717, 1.165) is 16.7 Å². The van der Waals surface area contributed by atoms with Crippen LogP contribution in [0.25, 0.3) is 22.7 Å². The molecule has 34 heavy (non-hydrogen) atoms. The number of anilines is 1. The molecule has 0 fully saturated rings. The summed E-state index contributed by atoms with van der Waals surface area (Å²) >= 11 is 7.32. The van der Waals surface area contributed by atoms with Gasteiger partial charge in [-0.05, 0) is 42.5 Å². The maximum atomic E-state index is 12.7. The number of hydrogen-bond donors (Lipinski definition) is 1. The Bertz CT molecular complexity index is 1470. The van der Waals surface area contributed by atoms with Gasteiger partial charge in [-0.15, -0.1) is 15.3 Å². The molecule has 3 aromatic carbocycles. The average molecular weight is 492 g/mol. The lowest BCUT2D eigenvalue weighted by Gasteiger charge is -2.11. The Morgan fingerprint density at radius 1 is 1.03 bits per heavy atom. The summed E-state index contributed by atoms with van der Waals surface area (Å²) in [7, 11) is 1.53. The summed E-state index contributed by atoms with van der Waals surface area (Å²) in [5.74, 6) is 0.856. The van der Waals surface area contributed by atoms with Crippen molar-refractivity contribution in [2.45, 2.75) is 5.16 Å². The van der Waals surface area contributed by atoms with E-state index >= 15 is 0 Å². The van der Waals surface area contributed by atoms with Gasteiger partial charge in [-0.1, -0.05) is 58.9 Å². The molecule has 5 rings (SSSR count). The topological polar surface area (TPSA) is 99.8 Å². The van der Waals surface area contributed by atoms with Crippen LogP contribution in [0.3, 0.4) is 0 Å². The van der Waals surface area contributed by atoms with Crippen molar-refractivity contribution in [3.8, 4) is 17.4 Å². The number of thioether (sulfide) groups is 1. The number of amides is 1. The molecule has 0 saturated heterocycles. The van der Waals surface area contributed by atoms with E-state index in [0.29, 0.717) is 27.6 Å². The minimum absolute atomic E-state index is 0.0960. The van der Waals surface area contributed by atoms with Crippen LogP contribution in [0.15, 0.2) is 78.0 Å². The molecule has 0 atom stereocenters. The zero-order valence-corrected chi connectivity index (χ0v) is 19.5. The Morgan fingerprint density at radius 2 is 1.82 bits per heavy atom. The van der Waals surface area contributed by atoms with Crippen LogP contribution in [0.5, 0.6) is 5.75 Å². The molecule has 1 N–H and O–H groups in total. The summed E-state index contributed by atoms with van der Waals surface area (Å²) in [6.45, 7) is 0. The fraction of sp³-hybridized carbons (Fsp3) is 0.0870. The second kappa shape index (κ2) is 9.54. The zero-order chi connectivity index (χ0) is 23.5. The number of aromatic nitrogens is 6. The summed E-state index contributed by atoms with van der Waals surface area (Å²) in [5, 5.41) is 21.1. The van der Waals surface area contributed by atoms with Gasteiger partial charge in [0.15, 0.2) is 5.16 Å². The first-order valence-corrected chi connectivity index (χ1v) is 11.6. The Hall–Kier alpha value is -3.89. The van der Waals surface area contributed by atoms with E-state index in [1.807, 2.05) is 59.2 Å². The molecule has 0 aliphatic rings. The number of ether oxygens (including phenoxy) is 1. The zero-order valence-electron chi connectivity index (χ0n) is 17.9. The van der Waals surface area contributed by atoms with Crippen molar-refractivity contribution in [2.24, 2.45) is 0 Å². The van der Waals surface area contributed by atoms with Gasteiger partial charge in [-0.25, -0.2) is 0 Å². The highest BCUT2D eigenvalue weighted by molar-refractivity contribution is 7.99. The first-order valence-electron chi connectivity index (χ1n) is 10.2. The first kappa shape index (κ1) is 21.9. The van der Waals surface area contributed by atoms with Crippen molar-refractivity contribution >= 4 is 46.0 Å². The first-order chi connectivity index (χ1) is 16.6. The molecule has 0 aliphatic heterocycles. The standard InChI is InChI=1S/C23H18ClN7O2S/c1-33-20-12-11-15(24)13-18(20)25-21(32)14-34-23-28-27-22(30(23)16-7-3-2-4-8-16)31-19-10-6-5-9-17(19)26-29-31/h2-13H,14H2,1H3,(H,25,32). The van der Waals surface area contributed by atoms with Crippen LogP contribution in [0, 0.1) is 0 Å². The normalized spacial score (nSPS) is 11.0. The number of benzene rings is 3. The van der Waals surface area contributed by atoms with E-state index in [9.17, 15) is 4.79 Å². The number of hydrogen-bond acceptors (Lipinski definition) is 7. The molecule has 2 aromatic heterocycles. The largest absolute Gasteiger partial charge is 0.495 e. The average Bonchev–Trinajstić information content (AvgIpc) is 3.47. The number of carbonyl (C=O) groups is 1. The Morgan fingerprint density at radius 3 is 2.65 bits per heavy atom. The molecule has 170 valence electrons. The minimum atomic E-state index is -0.235. The molecule has 1 amide bonds. The molecule has 0 aliphatic carbocycles. The third kappa shape index (κ3) is 4.33. The van der Waals surface area contributed by atoms with Gasteiger partial charge in [-0.2, -0.15) is 4.68 Å². The second-order valence-corrected chi connectivity index (χ2v) is 8.50. The van der Waals surface area contributed by atoms with Crippen molar-refractivity contribution in [1.29, 1.82) is 0 Å². The SMILES string of the molecule is COc1ccc(Cl)cc1NC(=O)CSc1nnc(-n2nnc3ccccc32)n1-c1ccccc1. The number of nitrogens with zero attached hydrogens (tertiary/aromatic N) is 6. The summed E-state index contributed by atoms with van der Waals surface area (Å²) < 4.78 is 8.78. The van der Waals surface area contributed by atoms with E-state index in [2.05, 4.69) is 25.8 Å². The maximum absolute atomic E-state index is 12.7. The summed E-state index contributed by atoms with van der Waals surface area (Å²) in [6, 6.07) is 22.3.